The molecule has 0 unspecified atom stereocenters. The molecule has 5 heteroatoms. The van der Waals surface area contributed by atoms with Crippen molar-refractivity contribution in [2.24, 2.45) is 5.10 Å². The number of hydrogen-bond donors (Lipinski definition) is 1. The Balaban J connectivity index is 2.08. The molecule has 0 saturated heterocycles. The molecule has 0 aliphatic rings. The first-order chi connectivity index (χ1) is 9.16. The van der Waals surface area contributed by atoms with Gasteiger partial charge in [0, 0.05) is 12.1 Å². The summed E-state index contributed by atoms with van der Waals surface area (Å²) in [7, 11) is 0. The number of nitrogens with zero attached hydrogens (tertiary/aromatic N) is 2. The summed E-state index contributed by atoms with van der Waals surface area (Å²) < 4.78 is 0. The van der Waals surface area contributed by atoms with Gasteiger partial charge in [0.15, 0.2) is 0 Å². The predicted molar refractivity (Wildman–Crippen MR) is 75.4 cm³/mol. The molecule has 2 aromatic carbocycles. The van der Waals surface area contributed by atoms with Crippen LogP contribution in [-0.4, -0.2) is 10.6 Å². The highest BCUT2D eigenvalue weighted by Gasteiger charge is 2.03. The molecule has 0 radical (unpaired) electrons. The maximum Gasteiger partial charge on any atom is 0.269 e. The lowest BCUT2D eigenvalue weighted by molar-refractivity contribution is -0.384. The summed E-state index contributed by atoms with van der Waals surface area (Å²) in [6.07, 6.45) is 0. The van der Waals surface area contributed by atoms with Gasteiger partial charge in [-0.2, -0.15) is 5.10 Å². The highest BCUT2D eigenvalue weighted by Crippen LogP contribution is 2.15. The van der Waals surface area contributed by atoms with Gasteiger partial charge in [-0.25, -0.2) is 0 Å². The van der Waals surface area contributed by atoms with Gasteiger partial charge in [0.2, 0.25) is 0 Å². The fraction of sp³-hybridized carbons (Fsp3) is 0.0714. The maximum atomic E-state index is 10.5. The Morgan fingerprint density at radius 3 is 2.32 bits per heavy atom. The van der Waals surface area contributed by atoms with E-state index in [9.17, 15) is 10.1 Å². The van der Waals surface area contributed by atoms with Gasteiger partial charge in [-0.1, -0.05) is 30.3 Å². The molecule has 0 amide bonds. The van der Waals surface area contributed by atoms with Gasteiger partial charge in [0.05, 0.1) is 16.3 Å². The lowest BCUT2D eigenvalue weighted by atomic mass is 10.1. The number of hydrazone groups is 1. The van der Waals surface area contributed by atoms with E-state index in [1.807, 2.05) is 37.3 Å². The van der Waals surface area contributed by atoms with E-state index in [0.29, 0.717) is 5.69 Å². The van der Waals surface area contributed by atoms with Gasteiger partial charge in [0.1, 0.15) is 0 Å². The molecule has 0 atom stereocenters. The zero-order valence-corrected chi connectivity index (χ0v) is 10.4. The molecule has 2 rings (SSSR count). The molecule has 5 nitrogen and oxygen atoms in total. The summed E-state index contributed by atoms with van der Waals surface area (Å²) in [4.78, 5) is 10.1. The van der Waals surface area contributed by atoms with Gasteiger partial charge in [-0.05, 0) is 24.6 Å². The van der Waals surface area contributed by atoms with Crippen molar-refractivity contribution < 1.29 is 4.92 Å². The van der Waals surface area contributed by atoms with Crippen LogP contribution in [0.3, 0.4) is 0 Å². The number of nitrogens with one attached hydrogen (secondary N) is 1. The number of benzene rings is 2. The number of nitro benzene ring substituents is 1. The molecule has 96 valence electrons. The van der Waals surface area contributed by atoms with Crippen molar-refractivity contribution in [3.63, 3.8) is 0 Å². The van der Waals surface area contributed by atoms with Gasteiger partial charge >= 0.3 is 0 Å². The zero-order chi connectivity index (χ0) is 13.7. The fourth-order valence-corrected chi connectivity index (χ4v) is 1.55. The topological polar surface area (TPSA) is 67.5 Å². The normalized spacial score (nSPS) is 11.1. The zero-order valence-electron chi connectivity index (χ0n) is 10.4. The molecule has 19 heavy (non-hydrogen) atoms. The van der Waals surface area contributed by atoms with E-state index < -0.39 is 4.92 Å². The Hall–Kier alpha value is -2.69. The first kappa shape index (κ1) is 12.8. The molecular formula is C14H13N3O2. The minimum absolute atomic E-state index is 0.0642. The van der Waals surface area contributed by atoms with Crippen LogP contribution in [0.2, 0.25) is 0 Å². The molecule has 0 aromatic heterocycles. The van der Waals surface area contributed by atoms with E-state index in [0.717, 1.165) is 11.3 Å². The Labute approximate surface area is 110 Å². The quantitative estimate of drug-likeness (QED) is 0.517. The number of non-ortho nitro benzene ring substituents is 1. The summed E-state index contributed by atoms with van der Waals surface area (Å²) in [5, 5.41) is 14.8. The molecule has 0 fully saturated rings. The van der Waals surface area contributed by atoms with Crippen LogP contribution in [0.25, 0.3) is 0 Å². The molecule has 0 bridgehead atoms. The second-order valence-electron chi connectivity index (χ2n) is 3.98. The maximum absolute atomic E-state index is 10.5. The molecule has 1 N–H and O–H groups in total. The second kappa shape index (κ2) is 5.77. The smallest absolute Gasteiger partial charge is 0.269 e. The van der Waals surface area contributed by atoms with Crippen LogP contribution in [0.15, 0.2) is 59.7 Å². The van der Waals surface area contributed by atoms with Crippen LogP contribution in [0.4, 0.5) is 11.4 Å². The summed E-state index contributed by atoms with van der Waals surface area (Å²) in [5.74, 6) is 0. The predicted octanol–water partition coefficient (Wildman–Crippen LogP) is 3.43. The Kier molecular flexibility index (Phi) is 3.87. The lowest BCUT2D eigenvalue weighted by Gasteiger charge is -2.03. The molecule has 0 saturated carbocycles. The number of nitro groups is 1. The lowest BCUT2D eigenvalue weighted by Crippen LogP contribution is -1.99. The molecule has 0 spiro atoms. The highest BCUT2D eigenvalue weighted by molar-refractivity contribution is 5.99. The van der Waals surface area contributed by atoms with Crippen molar-refractivity contribution in [1.29, 1.82) is 0 Å². The highest BCUT2D eigenvalue weighted by atomic mass is 16.6. The average molecular weight is 255 g/mol. The molecular weight excluding hydrogens is 242 g/mol. The third kappa shape index (κ3) is 3.38. The van der Waals surface area contributed by atoms with E-state index >= 15 is 0 Å². The van der Waals surface area contributed by atoms with Crippen LogP contribution in [0.1, 0.15) is 12.5 Å². The van der Waals surface area contributed by atoms with E-state index in [1.54, 1.807) is 12.1 Å². The number of hydrogen-bond acceptors (Lipinski definition) is 4. The molecule has 0 aliphatic heterocycles. The van der Waals surface area contributed by atoms with Crippen molar-refractivity contribution in [3.8, 4) is 0 Å². The summed E-state index contributed by atoms with van der Waals surface area (Å²) in [6, 6.07) is 15.9. The minimum Gasteiger partial charge on any atom is -0.278 e. The van der Waals surface area contributed by atoms with Crippen LogP contribution in [-0.2, 0) is 0 Å². The van der Waals surface area contributed by atoms with E-state index in [-0.39, 0.29) is 5.69 Å². The third-order valence-electron chi connectivity index (χ3n) is 2.62. The van der Waals surface area contributed by atoms with Crippen LogP contribution < -0.4 is 5.43 Å². The van der Waals surface area contributed by atoms with Gasteiger partial charge in [-0.15, -0.1) is 0 Å². The third-order valence-corrected chi connectivity index (χ3v) is 2.62. The van der Waals surface area contributed by atoms with Crippen molar-refractivity contribution in [2.75, 3.05) is 5.43 Å². The van der Waals surface area contributed by atoms with Crippen LogP contribution in [0.5, 0.6) is 0 Å². The van der Waals surface area contributed by atoms with Crippen molar-refractivity contribution in [2.45, 2.75) is 6.92 Å². The molecule has 0 aliphatic carbocycles. The first-order valence-corrected chi connectivity index (χ1v) is 5.77. The first-order valence-electron chi connectivity index (χ1n) is 5.77. The van der Waals surface area contributed by atoms with Crippen molar-refractivity contribution in [3.05, 3.63) is 70.3 Å². The standard InChI is InChI=1S/C14H13N3O2/c1-11(12-5-3-2-4-6-12)15-16-13-7-9-14(10-8-13)17(18)19/h2-10,16H,1H3/b15-11-. The Bertz CT molecular complexity index is 592. The van der Waals surface area contributed by atoms with Crippen LogP contribution >= 0.6 is 0 Å². The average Bonchev–Trinajstić information content (AvgIpc) is 2.46. The Morgan fingerprint density at radius 1 is 1.11 bits per heavy atom. The second-order valence-corrected chi connectivity index (χ2v) is 3.98. The Morgan fingerprint density at radius 2 is 1.74 bits per heavy atom. The minimum atomic E-state index is -0.428. The van der Waals surface area contributed by atoms with Gasteiger partial charge in [0.25, 0.3) is 5.69 Å². The summed E-state index contributed by atoms with van der Waals surface area (Å²) in [6.45, 7) is 1.90. The number of rotatable bonds is 4. The van der Waals surface area contributed by atoms with Crippen LogP contribution in [0, 0.1) is 10.1 Å². The van der Waals surface area contributed by atoms with E-state index in [4.69, 9.17) is 0 Å². The monoisotopic (exact) mass is 255 g/mol. The summed E-state index contributed by atoms with van der Waals surface area (Å²) in [5.41, 5.74) is 5.52. The SMILES string of the molecule is C/C(=N/Nc1ccc([N+](=O)[O-])cc1)c1ccccc1. The van der Waals surface area contributed by atoms with Gasteiger partial charge in [-0.3, -0.25) is 15.5 Å². The van der Waals surface area contributed by atoms with Crippen molar-refractivity contribution >= 4 is 17.1 Å². The number of anilines is 1. The van der Waals surface area contributed by atoms with Crippen molar-refractivity contribution in [1.82, 2.24) is 0 Å². The summed E-state index contributed by atoms with van der Waals surface area (Å²) >= 11 is 0. The van der Waals surface area contributed by atoms with Gasteiger partial charge < -0.3 is 0 Å². The molecule has 2 aromatic rings. The van der Waals surface area contributed by atoms with E-state index in [1.165, 1.54) is 12.1 Å². The fourth-order valence-electron chi connectivity index (χ4n) is 1.55. The largest absolute Gasteiger partial charge is 0.278 e. The molecule has 0 heterocycles. The van der Waals surface area contributed by atoms with E-state index in [2.05, 4.69) is 10.5 Å².